The van der Waals surface area contributed by atoms with Crippen molar-refractivity contribution >= 4 is 44.2 Å². The highest BCUT2D eigenvalue weighted by Gasteiger charge is 2.35. The van der Waals surface area contributed by atoms with Crippen molar-refractivity contribution in [3.8, 4) is 16.2 Å². The molecule has 10 heteroatoms. The third-order valence-corrected chi connectivity index (χ3v) is 8.41. The topological polar surface area (TPSA) is 98.7 Å². The molecule has 37 heavy (non-hydrogen) atoms. The van der Waals surface area contributed by atoms with Crippen molar-refractivity contribution in [1.82, 2.24) is 24.3 Å². The Kier molecular flexibility index (Phi) is 6.10. The Morgan fingerprint density at radius 2 is 2.03 bits per heavy atom. The van der Waals surface area contributed by atoms with Gasteiger partial charge in [0, 0.05) is 54.9 Å². The smallest absolute Gasteiger partial charge is 0.250 e. The molecule has 2 N–H and O–H groups in total. The minimum absolute atomic E-state index is 0.0144. The number of aryl methyl sites for hydroxylation is 1. The molecule has 5 heterocycles. The number of benzene rings is 1. The molecule has 2 aliphatic heterocycles. The average Bonchev–Trinajstić information content (AvgIpc) is 3.46. The normalized spacial score (nSPS) is 16.9. The van der Waals surface area contributed by atoms with Crippen LogP contribution in [0.2, 0.25) is 0 Å². The van der Waals surface area contributed by atoms with Gasteiger partial charge in [0.2, 0.25) is 0 Å². The summed E-state index contributed by atoms with van der Waals surface area (Å²) >= 11 is 1.67. The first-order chi connectivity index (χ1) is 17.9. The maximum atomic E-state index is 13.0. The average molecular weight is 519 g/mol. The van der Waals surface area contributed by atoms with Gasteiger partial charge in [0.25, 0.3) is 5.91 Å². The number of nitrogens with two attached hydrogens (primary N) is 1. The molecule has 1 aromatic carbocycles. The Balaban J connectivity index is 1.27. The van der Waals surface area contributed by atoms with Crippen molar-refractivity contribution in [3.05, 3.63) is 48.4 Å². The van der Waals surface area contributed by atoms with Crippen LogP contribution in [0.1, 0.15) is 11.6 Å². The fourth-order valence-corrected chi connectivity index (χ4v) is 6.39. The number of ether oxygens (including phenoxy) is 2. The Labute approximate surface area is 219 Å². The van der Waals surface area contributed by atoms with Crippen LogP contribution >= 0.6 is 11.3 Å². The fourth-order valence-electron chi connectivity index (χ4n) is 5.24. The van der Waals surface area contributed by atoms with Gasteiger partial charge >= 0.3 is 0 Å². The van der Waals surface area contributed by atoms with E-state index in [2.05, 4.69) is 57.3 Å². The van der Waals surface area contributed by atoms with Gasteiger partial charge in [0.15, 0.2) is 0 Å². The van der Waals surface area contributed by atoms with Gasteiger partial charge in [-0.05, 0) is 30.0 Å². The van der Waals surface area contributed by atoms with E-state index in [9.17, 15) is 4.79 Å². The number of rotatable bonds is 6. The molecule has 2 aliphatic rings. The van der Waals surface area contributed by atoms with Gasteiger partial charge in [-0.3, -0.25) is 9.69 Å². The molecule has 0 atom stereocenters. The van der Waals surface area contributed by atoms with E-state index in [1.165, 1.54) is 6.33 Å². The highest BCUT2D eigenvalue weighted by molar-refractivity contribution is 7.22. The Morgan fingerprint density at radius 3 is 2.78 bits per heavy atom. The van der Waals surface area contributed by atoms with Crippen LogP contribution in [0.3, 0.4) is 0 Å². The van der Waals surface area contributed by atoms with Gasteiger partial charge < -0.3 is 24.7 Å². The molecule has 3 aromatic heterocycles. The van der Waals surface area contributed by atoms with Crippen molar-refractivity contribution in [3.63, 3.8) is 0 Å². The maximum Gasteiger partial charge on any atom is 0.250 e. The molecule has 0 radical (unpaired) electrons. The molecule has 1 amide bonds. The van der Waals surface area contributed by atoms with Gasteiger partial charge in [-0.15, -0.1) is 11.3 Å². The zero-order valence-corrected chi connectivity index (χ0v) is 21.9. The molecule has 0 bridgehead atoms. The lowest BCUT2D eigenvalue weighted by Crippen LogP contribution is -2.52. The molecule has 6 rings (SSSR count). The van der Waals surface area contributed by atoms with E-state index in [1.54, 1.807) is 18.4 Å². The van der Waals surface area contributed by atoms with E-state index in [-0.39, 0.29) is 11.9 Å². The number of carbonyl (C=O) groups is 1. The van der Waals surface area contributed by atoms with Crippen LogP contribution < -0.4 is 10.5 Å². The number of amides is 1. The number of morpholine rings is 1. The lowest BCUT2D eigenvalue weighted by atomic mass is 10.1. The van der Waals surface area contributed by atoms with Crippen molar-refractivity contribution in [2.24, 2.45) is 0 Å². The number of likely N-dealkylation sites (tertiary alicyclic amines) is 1. The van der Waals surface area contributed by atoms with Crippen LogP contribution in [0.4, 0.5) is 5.82 Å². The summed E-state index contributed by atoms with van der Waals surface area (Å²) in [6.45, 7) is 11.0. The second kappa shape index (κ2) is 9.44. The molecule has 2 fully saturated rings. The van der Waals surface area contributed by atoms with Crippen LogP contribution in [-0.2, 0) is 9.53 Å². The van der Waals surface area contributed by atoms with Crippen LogP contribution in [0.25, 0.3) is 31.6 Å². The zero-order chi connectivity index (χ0) is 25.7. The molecular formula is C27H30N6O3S. The SMILES string of the molecule is C=C(CN1CCOCC1)C(=O)N1CC(n2cc(-c3cc4cc(C)cc(OC)c4s3)c3c(N)ncnc32)C1. The minimum atomic E-state index is 0.0144. The predicted molar refractivity (Wildman–Crippen MR) is 146 cm³/mol. The molecular weight excluding hydrogens is 488 g/mol. The number of anilines is 1. The van der Waals surface area contributed by atoms with Crippen molar-refractivity contribution in [1.29, 1.82) is 0 Å². The van der Waals surface area contributed by atoms with E-state index >= 15 is 0 Å². The molecule has 192 valence electrons. The predicted octanol–water partition coefficient (Wildman–Crippen LogP) is 3.48. The number of thiophene rings is 1. The first-order valence-corrected chi connectivity index (χ1v) is 13.2. The summed E-state index contributed by atoms with van der Waals surface area (Å²) in [5, 5.41) is 1.97. The lowest BCUT2D eigenvalue weighted by Gasteiger charge is -2.41. The van der Waals surface area contributed by atoms with Crippen molar-refractivity contribution < 1.29 is 14.3 Å². The number of aromatic nitrogens is 3. The molecule has 4 aromatic rings. The monoisotopic (exact) mass is 518 g/mol. The number of carbonyl (C=O) groups excluding carboxylic acids is 1. The second-order valence-corrected chi connectivity index (χ2v) is 10.8. The number of nitrogens with zero attached hydrogens (tertiary/aromatic N) is 5. The number of nitrogen functional groups attached to an aromatic ring is 1. The molecule has 0 unspecified atom stereocenters. The quantitative estimate of drug-likeness (QED) is 0.390. The van der Waals surface area contributed by atoms with Crippen LogP contribution in [-0.4, -0.2) is 83.3 Å². The highest BCUT2D eigenvalue weighted by Crippen LogP contribution is 2.43. The molecule has 0 aliphatic carbocycles. The van der Waals surface area contributed by atoms with E-state index in [0.717, 1.165) is 56.0 Å². The van der Waals surface area contributed by atoms with Gasteiger partial charge in [-0.25, -0.2) is 9.97 Å². The van der Waals surface area contributed by atoms with E-state index in [4.69, 9.17) is 15.2 Å². The van der Waals surface area contributed by atoms with Crippen molar-refractivity contribution in [2.45, 2.75) is 13.0 Å². The summed E-state index contributed by atoms with van der Waals surface area (Å²) in [6, 6.07) is 6.50. The summed E-state index contributed by atoms with van der Waals surface area (Å²) < 4.78 is 14.3. The summed E-state index contributed by atoms with van der Waals surface area (Å²) in [5.74, 6) is 1.33. The maximum absolute atomic E-state index is 13.0. The molecule has 0 spiro atoms. The number of methoxy groups -OCH3 is 1. The summed E-state index contributed by atoms with van der Waals surface area (Å²) in [6.07, 6.45) is 3.61. The standard InChI is InChI=1S/C27H30N6O3S/c1-16-8-18-10-22(37-24(18)21(9-16)35-3)20-14-33(26-23(20)25(28)29-15-30-26)19-12-32(13-19)27(34)17(2)11-31-4-6-36-7-5-31/h8-10,14-15,19H,2,4-7,11-13H2,1,3H3,(H2,28,29,30). The zero-order valence-electron chi connectivity index (χ0n) is 21.1. The first-order valence-electron chi connectivity index (χ1n) is 12.4. The highest BCUT2D eigenvalue weighted by atomic mass is 32.1. The van der Waals surface area contributed by atoms with E-state index < -0.39 is 0 Å². The summed E-state index contributed by atoms with van der Waals surface area (Å²) in [4.78, 5) is 27.0. The number of hydrogen-bond donors (Lipinski definition) is 1. The Bertz CT molecular complexity index is 1510. The molecule has 9 nitrogen and oxygen atoms in total. The second-order valence-electron chi connectivity index (χ2n) is 9.76. The Hall–Kier alpha value is -3.47. The summed E-state index contributed by atoms with van der Waals surface area (Å²) in [7, 11) is 1.70. The number of fused-ring (bicyclic) bond motifs is 2. The van der Waals surface area contributed by atoms with Gasteiger partial charge in [0.1, 0.15) is 23.5 Å². The lowest BCUT2D eigenvalue weighted by molar-refractivity contribution is -0.133. The fraction of sp³-hybridized carbons (Fsp3) is 0.370. The van der Waals surface area contributed by atoms with Crippen LogP contribution in [0.5, 0.6) is 5.75 Å². The van der Waals surface area contributed by atoms with Gasteiger partial charge in [0.05, 0.1) is 36.5 Å². The van der Waals surface area contributed by atoms with Gasteiger partial charge in [-0.1, -0.05) is 12.6 Å². The third-order valence-electron chi connectivity index (χ3n) is 7.21. The van der Waals surface area contributed by atoms with E-state index in [0.29, 0.717) is 44.2 Å². The molecule has 0 saturated carbocycles. The Morgan fingerprint density at radius 1 is 1.24 bits per heavy atom. The first kappa shape index (κ1) is 23.9. The van der Waals surface area contributed by atoms with E-state index in [1.807, 2.05) is 4.90 Å². The van der Waals surface area contributed by atoms with Crippen LogP contribution in [0, 0.1) is 6.92 Å². The van der Waals surface area contributed by atoms with Crippen LogP contribution in [0.15, 0.2) is 42.9 Å². The largest absolute Gasteiger partial charge is 0.495 e. The summed E-state index contributed by atoms with van der Waals surface area (Å²) in [5.41, 5.74) is 9.92. The number of hydrogen-bond acceptors (Lipinski definition) is 8. The third kappa shape index (κ3) is 4.24. The molecule has 2 saturated heterocycles. The minimum Gasteiger partial charge on any atom is -0.495 e. The van der Waals surface area contributed by atoms with Gasteiger partial charge in [-0.2, -0.15) is 0 Å². The van der Waals surface area contributed by atoms with Crippen molar-refractivity contribution in [2.75, 3.05) is 58.8 Å².